The minimum Gasteiger partial charge on any atom is -0.478 e. The number of ether oxygens (including phenoxy) is 1. The maximum Gasteiger partial charge on any atom is 0.434 e. The van der Waals surface area contributed by atoms with Crippen molar-refractivity contribution in [1.29, 1.82) is 0 Å². The van der Waals surface area contributed by atoms with Crippen LogP contribution in [0.4, 0.5) is 18.9 Å². The number of anilines is 1. The number of carboxylic acids is 1. The van der Waals surface area contributed by atoms with Gasteiger partial charge in [0.15, 0.2) is 5.69 Å². The zero-order valence-corrected chi connectivity index (χ0v) is 13.7. The number of hydrogen-bond donors (Lipinski definition) is 2. The molecule has 2 rings (SSSR count). The molecule has 0 atom stereocenters. The number of nitrogens with one attached hydrogen (secondary N) is 1. The third kappa shape index (κ3) is 4.60. The fraction of sp³-hybridized carbons (Fsp3) is 0.312. The fourth-order valence-electron chi connectivity index (χ4n) is 2.20. The van der Waals surface area contributed by atoms with Gasteiger partial charge in [0.05, 0.1) is 11.9 Å². The Kier molecular flexibility index (Phi) is 5.98. The van der Waals surface area contributed by atoms with Gasteiger partial charge in [-0.1, -0.05) is 13.0 Å². The number of alkyl halides is 3. The summed E-state index contributed by atoms with van der Waals surface area (Å²) in [5.74, 6) is -2.19. The molecule has 2 N–H and O–H groups in total. The summed E-state index contributed by atoms with van der Waals surface area (Å²) in [6.07, 6.45) is -3.54. The number of aromatic carboxylic acids is 1. The predicted octanol–water partition coefficient (Wildman–Crippen LogP) is 2.95. The van der Waals surface area contributed by atoms with Crippen LogP contribution in [0.25, 0.3) is 5.69 Å². The Bertz CT molecular complexity index is 802. The lowest BCUT2D eigenvalue weighted by Gasteiger charge is -2.13. The Balaban J connectivity index is 2.31. The van der Waals surface area contributed by atoms with Crippen molar-refractivity contribution in [3.63, 3.8) is 0 Å². The van der Waals surface area contributed by atoms with Crippen molar-refractivity contribution >= 4 is 17.6 Å². The summed E-state index contributed by atoms with van der Waals surface area (Å²) in [6, 6.07) is 5.47. The minimum atomic E-state index is -4.92. The Morgan fingerprint density at radius 3 is 2.69 bits per heavy atom. The summed E-state index contributed by atoms with van der Waals surface area (Å²) in [6.45, 7) is 2.11. The van der Waals surface area contributed by atoms with Crippen molar-refractivity contribution in [3.8, 4) is 5.69 Å². The van der Waals surface area contributed by atoms with E-state index in [1.807, 2.05) is 6.92 Å². The summed E-state index contributed by atoms with van der Waals surface area (Å²) < 4.78 is 45.3. The van der Waals surface area contributed by atoms with Gasteiger partial charge in [0.25, 0.3) is 0 Å². The standard InChI is InChI=1S/C16H16F3N3O4/c1-2-6-26-9-13(23)21-10-4-3-5-11(7-10)22-14(16(17,18)19)12(8-20-22)15(24)25/h3-5,7-8H,2,6,9H2,1H3,(H,21,23)(H,24,25). The average Bonchev–Trinajstić information content (AvgIpc) is 3.01. The van der Waals surface area contributed by atoms with Gasteiger partial charge in [0, 0.05) is 12.3 Å². The highest BCUT2D eigenvalue weighted by Crippen LogP contribution is 2.34. The van der Waals surface area contributed by atoms with E-state index in [0.717, 1.165) is 6.42 Å². The molecule has 0 saturated carbocycles. The second-order valence-electron chi connectivity index (χ2n) is 5.27. The van der Waals surface area contributed by atoms with Gasteiger partial charge >= 0.3 is 12.1 Å². The quantitative estimate of drug-likeness (QED) is 0.730. The molecule has 0 fully saturated rings. The molecule has 1 aromatic carbocycles. The van der Waals surface area contributed by atoms with Crippen molar-refractivity contribution in [1.82, 2.24) is 9.78 Å². The van der Waals surface area contributed by atoms with Gasteiger partial charge in [-0.2, -0.15) is 18.3 Å². The molecule has 0 unspecified atom stereocenters. The molecule has 1 aromatic heterocycles. The molecule has 1 amide bonds. The van der Waals surface area contributed by atoms with Crippen LogP contribution in [0.1, 0.15) is 29.4 Å². The molecule has 1 heterocycles. The number of carboxylic acid groups (broad SMARTS) is 1. The normalized spacial score (nSPS) is 11.4. The van der Waals surface area contributed by atoms with E-state index in [1.54, 1.807) is 0 Å². The molecule has 10 heteroatoms. The monoisotopic (exact) mass is 371 g/mol. The molecule has 7 nitrogen and oxygen atoms in total. The highest BCUT2D eigenvalue weighted by Gasteiger charge is 2.40. The SMILES string of the molecule is CCCOCC(=O)Nc1cccc(-n2ncc(C(=O)O)c2C(F)(F)F)c1. The molecule has 0 radical (unpaired) electrons. The summed E-state index contributed by atoms with van der Waals surface area (Å²) >= 11 is 0. The van der Waals surface area contributed by atoms with Crippen LogP contribution in [0.15, 0.2) is 30.5 Å². The summed E-state index contributed by atoms with van der Waals surface area (Å²) in [4.78, 5) is 22.8. The topological polar surface area (TPSA) is 93.5 Å². The van der Waals surface area contributed by atoms with Crippen molar-refractivity contribution in [2.45, 2.75) is 19.5 Å². The Morgan fingerprint density at radius 1 is 1.35 bits per heavy atom. The van der Waals surface area contributed by atoms with E-state index in [4.69, 9.17) is 9.84 Å². The number of rotatable bonds is 7. The molecule has 26 heavy (non-hydrogen) atoms. The van der Waals surface area contributed by atoms with Gasteiger partial charge in [-0.25, -0.2) is 9.48 Å². The van der Waals surface area contributed by atoms with Crippen LogP contribution in [-0.4, -0.2) is 40.0 Å². The van der Waals surface area contributed by atoms with Crippen molar-refractivity contribution in [3.05, 3.63) is 41.7 Å². The number of halogens is 3. The first-order valence-electron chi connectivity index (χ1n) is 7.60. The molecule has 140 valence electrons. The molecule has 0 saturated heterocycles. The molecular weight excluding hydrogens is 355 g/mol. The maximum atomic E-state index is 13.3. The first-order chi connectivity index (χ1) is 12.2. The Labute approximate surface area is 146 Å². The number of nitrogens with zero attached hydrogens (tertiary/aromatic N) is 2. The highest BCUT2D eigenvalue weighted by atomic mass is 19.4. The van der Waals surface area contributed by atoms with Gasteiger partial charge in [0.2, 0.25) is 5.91 Å². The Hall–Kier alpha value is -2.88. The average molecular weight is 371 g/mol. The minimum absolute atomic E-state index is 0.0444. The van der Waals surface area contributed by atoms with Gasteiger partial charge in [-0.15, -0.1) is 0 Å². The number of hydrogen-bond acceptors (Lipinski definition) is 4. The van der Waals surface area contributed by atoms with E-state index in [0.29, 0.717) is 17.5 Å². The summed E-state index contributed by atoms with van der Waals surface area (Å²) in [7, 11) is 0. The smallest absolute Gasteiger partial charge is 0.434 e. The van der Waals surface area contributed by atoms with E-state index < -0.39 is 29.3 Å². The molecule has 0 aliphatic heterocycles. The van der Waals surface area contributed by atoms with E-state index in [-0.39, 0.29) is 18.0 Å². The van der Waals surface area contributed by atoms with Crippen LogP contribution < -0.4 is 5.32 Å². The molecule has 0 spiro atoms. The first kappa shape index (κ1) is 19.4. The number of carbonyl (C=O) groups excluding carboxylic acids is 1. The van der Waals surface area contributed by atoms with Crippen molar-refractivity contribution < 1.29 is 32.6 Å². The third-order valence-electron chi connectivity index (χ3n) is 3.22. The van der Waals surface area contributed by atoms with Crippen LogP contribution in [0, 0.1) is 0 Å². The number of aromatic nitrogens is 2. The Morgan fingerprint density at radius 2 is 2.08 bits per heavy atom. The maximum absolute atomic E-state index is 13.3. The number of carbonyl (C=O) groups is 2. The molecule has 2 aromatic rings. The first-order valence-corrected chi connectivity index (χ1v) is 7.60. The fourth-order valence-corrected chi connectivity index (χ4v) is 2.20. The zero-order chi connectivity index (χ0) is 19.3. The molecule has 0 aliphatic carbocycles. The number of benzene rings is 1. The largest absolute Gasteiger partial charge is 0.478 e. The van der Waals surface area contributed by atoms with Gasteiger partial charge < -0.3 is 15.2 Å². The van der Waals surface area contributed by atoms with Crippen LogP contribution >= 0.6 is 0 Å². The third-order valence-corrected chi connectivity index (χ3v) is 3.22. The van der Waals surface area contributed by atoms with Gasteiger partial charge in [-0.05, 0) is 24.6 Å². The van der Waals surface area contributed by atoms with Crippen LogP contribution in [0.5, 0.6) is 0 Å². The lowest BCUT2D eigenvalue weighted by Crippen LogP contribution is -2.19. The van der Waals surface area contributed by atoms with Crippen molar-refractivity contribution in [2.75, 3.05) is 18.5 Å². The van der Waals surface area contributed by atoms with E-state index in [1.165, 1.54) is 24.3 Å². The van der Waals surface area contributed by atoms with E-state index in [2.05, 4.69) is 10.4 Å². The van der Waals surface area contributed by atoms with Gasteiger partial charge in [-0.3, -0.25) is 4.79 Å². The molecule has 0 aliphatic rings. The van der Waals surface area contributed by atoms with Crippen LogP contribution in [0.3, 0.4) is 0 Å². The molecule has 0 bridgehead atoms. The zero-order valence-electron chi connectivity index (χ0n) is 13.7. The summed E-state index contributed by atoms with van der Waals surface area (Å²) in [5, 5.41) is 15.0. The predicted molar refractivity (Wildman–Crippen MR) is 85.3 cm³/mol. The molecular formula is C16H16F3N3O4. The van der Waals surface area contributed by atoms with Crippen LogP contribution in [0.2, 0.25) is 0 Å². The number of amides is 1. The lowest BCUT2D eigenvalue weighted by atomic mass is 10.2. The van der Waals surface area contributed by atoms with Gasteiger partial charge in [0.1, 0.15) is 12.2 Å². The second kappa shape index (κ2) is 8.00. The van der Waals surface area contributed by atoms with E-state index in [9.17, 15) is 22.8 Å². The highest BCUT2D eigenvalue weighted by molar-refractivity contribution is 5.92. The van der Waals surface area contributed by atoms with Crippen LogP contribution in [-0.2, 0) is 15.7 Å². The van der Waals surface area contributed by atoms with E-state index >= 15 is 0 Å². The van der Waals surface area contributed by atoms with Crippen molar-refractivity contribution in [2.24, 2.45) is 0 Å². The summed E-state index contributed by atoms with van der Waals surface area (Å²) in [5.41, 5.74) is -2.18. The second-order valence-corrected chi connectivity index (χ2v) is 5.27. The lowest BCUT2D eigenvalue weighted by molar-refractivity contribution is -0.143.